The second-order valence-electron chi connectivity index (χ2n) is 1.04. The Balaban J connectivity index is 4.55. The van der Waals surface area contributed by atoms with E-state index in [1.54, 1.807) is 0 Å². The molecule has 0 aliphatic carbocycles. The third-order valence-electron chi connectivity index (χ3n) is 0.485. The van der Waals surface area contributed by atoms with Crippen molar-refractivity contribution in [2.75, 3.05) is 7.05 Å². The van der Waals surface area contributed by atoms with Crippen molar-refractivity contribution in [3.05, 3.63) is 0 Å². The van der Waals surface area contributed by atoms with E-state index in [0.717, 1.165) is 0 Å². The number of aliphatic imine (C=N–C) groups is 1. The van der Waals surface area contributed by atoms with Gasteiger partial charge in [-0.1, -0.05) is 0 Å². The maximum Gasteiger partial charge on any atom is 0.327 e. The summed E-state index contributed by atoms with van der Waals surface area (Å²) in [6.07, 6.45) is 0. The molecule has 0 amide bonds. The van der Waals surface area contributed by atoms with Crippen molar-refractivity contribution in [2.45, 2.75) is 0 Å². The van der Waals surface area contributed by atoms with Gasteiger partial charge in [-0.3, -0.25) is 9.55 Å². The Kier molecular flexibility index (Phi) is 1.94. The van der Waals surface area contributed by atoms with Gasteiger partial charge in [0.05, 0.1) is 0 Å². The van der Waals surface area contributed by atoms with Crippen molar-refractivity contribution in [3.63, 3.8) is 0 Å². The first-order valence-corrected chi connectivity index (χ1v) is 3.12. The normalized spacial score (nSPS) is 14.0. The molecule has 0 aliphatic rings. The van der Waals surface area contributed by atoms with Crippen LogP contribution in [-0.4, -0.2) is 25.2 Å². The van der Waals surface area contributed by atoms with Crippen molar-refractivity contribution in [2.24, 2.45) is 10.7 Å². The van der Waals surface area contributed by atoms with Crippen LogP contribution < -0.4 is 5.73 Å². The maximum absolute atomic E-state index is 9.86. The predicted octanol–water partition coefficient (Wildman–Crippen LogP) is -1.18. The lowest BCUT2D eigenvalue weighted by Crippen LogP contribution is -2.22. The summed E-state index contributed by atoms with van der Waals surface area (Å²) in [7, 11) is -3.06. The topological polar surface area (TPSA) is 92.8 Å². The molecule has 0 bridgehead atoms. The average Bonchev–Trinajstić information content (AvgIpc) is 1.62. The summed E-state index contributed by atoms with van der Waals surface area (Å²) in [4.78, 5) is 3.02. The molecule has 3 N–H and O–H groups in total. The van der Waals surface area contributed by atoms with Gasteiger partial charge in [0.25, 0.3) is 0 Å². The van der Waals surface area contributed by atoms with Crippen LogP contribution in [0.25, 0.3) is 0 Å². The molecule has 0 fully saturated rings. The van der Waals surface area contributed by atoms with E-state index in [9.17, 15) is 8.42 Å². The summed E-state index contributed by atoms with van der Waals surface area (Å²) < 4.78 is 27.7. The van der Waals surface area contributed by atoms with Crippen LogP contribution in [0, 0.1) is 0 Å². The first kappa shape index (κ1) is 7.38. The van der Waals surface area contributed by atoms with Crippen LogP contribution in [0.5, 0.6) is 0 Å². The van der Waals surface area contributed by atoms with Crippen LogP contribution >= 0.6 is 0 Å². The molecule has 0 spiro atoms. The average molecular weight is 138 g/mol. The van der Waals surface area contributed by atoms with E-state index in [0.29, 0.717) is 0 Å². The van der Waals surface area contributed by atoms with Gasteiger partial charge in [-0.05, 0) is 0 Å². The standard InChI is InChI=1S/C2H6N2O3S/c1-4-2(3)8(5,6)7/h1H3,(H2,3,4)(H,5,6,7). The van der Waals surface area contributed by atoms with Gasteiger partial charge in [-0.25, -0.2) is 0 Å². The highest BCUT2D eigenvalue weighted by Gasteiger charge is 2.07. The van der Waals surface area contributed by atoms with Gasteiger partial charge in [0, 0.05) is 7.05 Å². The monoisotopic (exact) mass is 138 g/mol. The molecular formula is C2H6N2O3S. The second kappa shape index (κ2) is 2.10. The van der Waals surface area contributed by atoms with Crippen molar-refractivity contribution in [1.82, 2.24) is 0 Å². The Labute approximate surface area is 47.0 Å². The van der Waals surface area contributed by atoms with Gasteiger partial charge in [0.1, 0.15) is 0 Å². The van der Waals surface area contributed by atoms with Gasteiger partial charge in [-0.2, -0.15) is 8.42 Å². The van der Waals surface area contributed by atoms with Crippen molar-refractivity contribution >= 4 is 15.3 Å². The largest absolute Gasteiger partial charge is 0.372 e. The molecule has 5 nitrogen and oxygen atoms in total. The molecule has 0 radical (unpaired) electrons. The summed E-state index contributed by atoms with van der Waals surface area (Å²) in [5, 5.41) is -0.766. The first-order valence-electron chi connectivity index (χ1n) is 1.68. The van der Waals surface area contributed by atoms with Crippen LogP contribution in [0.3, 0.4) is 0 Å². The Morgan fingerprint density at radius 1 is 1.75 bits per heavy atom. The molecular weight excluding hydrogens is 132 g/mol. The Morgan fingerprint density at radius 2 is 2.12 bits per heavy atom. The summed E-state index contributed by atoms with van der Waals surface area (Å²) >= 11 is 0. The number of nitrogens with zero attached hydrogens (tertiary/aromatic N) is 1. The quantitative estimate of drug-likeness (QED) is 0.250. The van der Waals surface area contributed by atoms with Gasteiger partial charge in [0.2, 0.25) is 5.17 Å². The maximum atomic E-state index is 9.86. The second-order valence-corrected chi connectivity index (χ2v) is 2.41. The molecule has 0 aromatic heterocycles. The number of hydrogen-bond acceptors (Lipinski definition) is 3. The highest BCUT2D eigenvalue weighted by molar-refractivity contribution is 8.01. The Morgan fingerprint density at radius 3 is 2.12 bits per heavy atom. The molecule has 0 atom stereocenters. The molecule has 0 aromatic carbocycles. The van der Waals surface area contributed by atoms with Crippen LogP contribution in [0.1, 0.15) is 0 Å². The smallest absolute Gasteiger partial charge is 0.327 e. The van der Waals surface area contributed by atoms with E-state index < -0.39 is 15.3 Å². The summed E-state index contributed by atoms with van der Waals surface area (Å²) in [5.41, 5.74) is 4.66. The number of amidine groups is 1. The molecule has 0 saturated heterocycles. The van der Waals surface area contributed by atoms with Gasteiger partial charge in [0.15, 0.2) is 0 Å². The van der Waals surface area contributed by atoms with Crippen molar-refractivity contribution in [1.29, 1.82) is 0 Å². The van der Waals surface area contributed by atoms with Gasteiger partial charge in [-0.15, -0.1) is 0 Å². The fourth-order valence-corrected chi connectivity index (χ4v) is 0.346. The van der Waals surface area contributed by atoms with E-state index >= 15 is 0 Å². The lowest BCUT2D eigenvalue weighted by Gasteiger charge is -1.88. The van der Waals surface area contributed by atoms with Crippen LogP contribution in [0.2, 0.25) is 0 Å². The third kappa shape index (κ3) is 1.90. The highest BCUT2D eigenvalue weighted by Crippen LogP contribution is 1.77. The minimum absolute atomic E-state index is 0.766. The molecule has 0 rings (SSSR count). The summed E-state index contributed by atoms with van der Waals surface area (Å²) in [5.74, 6) is 0. The zero-order valence-corrected chi connectivity index (χ0v) is 5.01. The molecule has 0 aromatic rings. The highest BCUT2D eigenvalue weighted by atomic mass is 32.2. The van der Waals surface area contributed by atoms with Crippen molar-refractivity contribution in [3.8, 4) is 0 Å². The number of hydrogen-bond donors (Lipinski definition) is 2. The van der Waals surface area contributed by atoms with Gasteiger partial charge >= 0.3 is 10.1 Å². The molecule has 0 aliphatic heterocycles. The number of nitrogens with two attached hydrogens (primary N) is 1. The Bertz CT molecular complexity index is 191. The molecule has 0 heterocycles. The fourth-order valence-electron chi connectivity index (χ4n) is 0.115. The van der Waals surface area contributed by atoms with Crippen LogP contribution in [-0.2, 0) is 10.1 Å². The molecule has 8 heavy (non-hydrogen) atoms. The third-order valence-corrected chi connectivity index (χ3v) is 1.20. The fraction of sp³-hybridized carbons (Fsp3) is 0.500. The van der Waals surface area contributed by atoms with Crippen LogP contribution in [0.15, 0.2) is 4.99 Å². The molecule has 0 unspecified atom stereocenters. The lowest BCUT2D eigenvalue weighted by atomic mass is 11.3. The van der Waals surface area contributed by atoms with E-state index in [1.807, 2.05) is 0 Å². The summed E-state index contributed by atoms with van der Waals surface area (Å²) in [6.45, 7) is 0. The first-order chi connectivity index (χ1) is 3.48. The molecule has 6 heteroatoms. The minimum atomic E-state index is -4.23. The zero-order valence-electron chi connectivity index (χ0n) is 4.20. The Hall–Kier alpha value is -0.620. The van der Waals surface area contributed by atoms with Crippen LogP contribution in [0.4, 0.5) is 0 Å². The van der Waals surface area contributed by atoms with E-state index in [-0.39, 0.29) is 0 Å². The SMILES string of the molecule is CN=C(N)S(=O)(=O)O. The molecule has 48 valence electrons. The predicted molar refractivity (Wildman–Crippen MR) is 29.1 cm³/mol. The van der Waals surface area contributed by atoms with E-state index in [4.69, 9.17) is 4.55 Å². The minimum Gasteiger partial charge on any atom is -0.372 e. The van der Waals surface area contributed by atoms with E-state index in [2.05, 4.69) is 10.7 Å². The van der Waals surface area contributed by atoms with Crippen molar-refractivity contribution < 1.29 is 13.0 Å². The lowest BCUT2D eigenvalue weighted by molar-refractivity contribution is 0.497. The zero-order chi connectivity index (χ0) is 6.78. The number of rotatable bonds is 0. The molecule has 0 saturated carbocycles. The summed E-state index contributed by atoms with van der Waals surface area (Å²) in [6, 6.07) is 0. The van der Waals surface area contributed by atoms with E-state index in [1.165, 1.54) is 7.05 Å². The van der Waals surface area contributed by atoms with Gasteiger partial charge < -0.3 is 5.73 Å².